The minimum atomic E-state index is -0.0268. The van der Waals surface area contributed by atoms with Crippen LogP contribution in [0.15, 0.2) is 23.4 Å². The van der Waals surface area contributed by atoms with Crippen molar-refractivity contribution < 1.29 is 10.0 Å². The van der Waals surface area contributed by atoms with Gasteiger partial charge in [-0.3, -0.25) is 4.79 Å². The molecule has 1 aromatic rings. The van der Waals surface area contributed by atoms with Crippen molar-refractivity contribution in [3.8, 4) is 0 Å². The first-order valence-electron chi connectivity index (χ1n) is 6.07. The van der Waals surface area contributed by atoms with Crippen LogP contribution in [0, 0.1) is 6.92 Å². The monoisotopic (exact) mass is 264 g/mol. The summed E-state index contributed by atoms with van der Waals surface area (Å²) in [6.45, 7) is 5.49. The highest BCUT2D eigenvalue weighted by atomic mass is 16.4. The molecule has 0 spiro atoms. The van der Waals surface area contributed by atoms with Gasteiger partial charge in [-0.05, 0) is 24.1 Å². The minimum Gasteiger partial charge on any atom is -0.409 e. The first-order chi connectivity index (χ1) is 9.04. The highest BCUT2D eigenvalue weighted by Crippen LogP contribution is 2.10. The first-order valence-corrected chi connectivity index (χ1v) is 6.07. The van der Waals surface area contributed by atoms with Crippen molar-refractivity contribution in [2.45, 2.75) is 20.4 Å². The second kappa shape index (κ2) is 7.38. The van der Waals surface area contributed by atoms with Gasteiger partial charge in [0, 0.05) is 32.1 Å². The average Bonchev–Trinajstić information content (AvgIpc) is 2.38. The molecule has 0 atom stereocenters. The summed E-state index contributed by atoms with van der Waals surface area (Å²) in [6.07, 6.45) is 0. The number of aryl methyl sites for hydroxylation is 1. The Morgan fingerprint density at radius 2 is 2.16 bits per heavy atom. The predicted octanol–water partition coefficient (Wildman–Crippen LogP) is 0.315. The molecule has 6 heteroatoms. The maximum Gasteiger partial charge on any atom is 0.216 e. The molecule has 0 unspecified atom stereocenters. The molecule has 1 amide bonds. The molecule has 1 aromatic carbocycles. The van der Waals surface area contributed by atoms with E-state index in [1.165, 1.54) is 6.92 Å². The molecule has 104 valence electrons. The van der Waals surface area contributed by atoms with Crippen LogP contribution in [0.5, 0.6) is 0 Å². The zero-order chi connectivity index (χ0) is 14.3. The normalized spacial score (nSPS) is 11.4. The Kier molecular flexibility index (Phi) is 5.81. The molecule has 0 bridgehead atoms. The van der Waals surface area contributed by atoms with Gasteiger partial charge in [0.1, 0.15) is 0 Å². The van der Waals surface area contributed by atoms with E-state index < -0.39 is 0 Å². The van der Waals surface area contributed by atoms with Gasteiger partial charge in [-0.15, -0.1) is 0 Å². The number of nitrogens with one attached hydrogen (secondary N) is 2. The van der Waals surface area contributed by atoms with E-state index in [9.17, 15) is 4.79 Å². The van der Waals surface area contributed by atoms with Crippen molar-refractivity contribution in [2.24, 2.45) is 10.9 Å². The van der Waals surface area contributed by atoms with Gasteiger partial charge in [0.2, 0.25) is 5.91 Å². The van der Waals surface area contributed by atoms with E-state index in [2.05, 4.69) is 15.8 Å². The summed E-state index contributed by atoms with van der Waals surface area (Å²) in [7, 11) is 0. The molecule has 0 fully saturated rings. The first kappa shape index (κ1) is 15.0. The number of rotatable bonds is 6. The molecule has 6 nitrogen and oxygen atoms in total. The lowest BCUT2D eigenvalue weighted by Gasteiger charge is -2.09. The van der Waals surface area contributed by atoms with Gasteiger partial charge >= 0.3 is 0 Å². The van der Waals surface area contributed by atoms with Gasteiger partial charge in [-0.1, -0.05) is 17.3 Å². The quantitative estimate of drug-likeness (QED) is 0.195. The highest BCUT2D eigenvalue weighted by Gasteiger charge is 2.03. The second-order valence-corrected chi connectivity index (χ2v) is 4.29. The van der Waals surface area contributed by atoms with Gasteiger partial charge in [0.25, 0.3) is 0 Å². The summed E-state index contributed by atoms with van der Waals surface area (Å²) < 4.78 is 0. The van der Waals surface area contributed by atoms with E-state index in [0.717, 1.165) is 11.1 Å². The number of amides is 1. The summed E-state index contributed by atoms with van der Waals surface area (Å²) in [5, 5.41) is 17.5. The number of carbonyl (C=O) groups excluding carboxylic acids is 1. The number of benzene rings is 1. The Hall–Kier alpha value is -2.08. The van der Waals surface area contributed by atoms with Gasteiger partial charge in [0.05, 0.1) is 0 Å². The van der Waals surface area contributed by atoms with Crippen LogP contribution in [0.25, 0.3) is 0 Å². The smallest absolute Gasteiger partial charge is 0.216 e. The largest absolute Gasteiger partial charge is 0.409 e. The average molecular weight is 264 g/mol. The third-order valence-electron chi connectivity index (χ3n) is 2.74. The number of nitrogens with zero attached hydrogens (tertiary/aromatic N) is 1. The van der Waals surface area contributed by atoms with Crippen molar-refractivity contribution in [3.05, 3.63) is 34.9 Å². The number of oxime groups is 1. The maximum atomic E-state index is 10.7. The number of amidine groups is 1. The Morgan fingerprint density at radius 3 is 2.74 bits per heavy atom. The molecule has 0 saturated heterocycles. The van der Waals surface area contributed by atoms with E-state index in [0.29, 0.717) is 25.2 Å². The van der Waals surface area contributed by atoms with Gasteiger partial charge in [-0.25, -0.2) is 0 Å². The minimum absolute atomic E-state index is 0.0268. The van der Waals surface area contributed by atoms with Crippen LogP contribution in [0.2, 0.25) is 0 Å². The third-order valence-corrected chi connectivity index (χ3v) is 2.74. The van der Waals surface area contributed by atoms with Crippen molar-refractivity contribution in [3.63, 3.8) is 0 Å². The van der Waals surface area contributed by atoms with Crippen LogP contribution >= 0.6 is 0 Å². The molecular formula is C13H20N4O2. The fourth-order valence-corrected chi connectivity index (χ4v) is 1.66. The van der Waals surface area contributed by atoms with Gasteiger partial charge in [0.15, 0.2) is 5.84 Å². The lowest BCUT2D eigenvalue weighted by atomic mass is 10.0. The molecule has 0 saturated carbocycles. The molecule has 0 aromatic heterocycles. The highest BCUT2D eigenvalue weighted by molar-refractivity contribution is 5.97. The van der Waals surface area contributed by atoms with E-state index in [-0.39, 0.29) is 11.7 Å². The van der Waals surface area contributed by atoms with Crippen molar-refractivity contribution in [1.29, 1.82) is 0 Å². The van der Waals surface area contributed by atoms with Crippen LogP contribution in [0.3, 0.4) is 0 Å². The summed E-state index contributed by atoms with van der Waals surface area (Å²) in [4.78, 5) is 10.7. The number of carbonyl (C=O) groups is 1. The van der Waals surface area contributed by atoms with E-state index in [1.54, 1.807) is 0 Å². The predicted molar refractivity (Wildman–Crippen MR) is 74.1 cm³/mol. The Morgan fingerprint density at radius 1 is 1.42 bits per heavy atom. The lowest BCUT2D eigenvalue weighted by Crippen LogP contribution is -2.30. The molecule has 19 heavy (non-hydrogen) atoms. The fourth-order valence-electron chi connectivity index (χ4n) is 1.66. The number of hydrogen-bond donors (Lipinski definition) is 4. The third kappa shape index (κ3) is 4.97. The molecule has 0 radical (unpaired) electrons. The van der Waals surface area contributed by atoms with Gasteiger partial charge < -0.3 is 21.6 Å². The number of nitrogens with two attached hydrogens (primary N) is 1. The lowest BCUT2D eigenvalue weighted by molar-refractivity contribution is -0.118. The summed E-state index contributed by atoms with van der Waals surface area (Å²) >= 11 is 0. The van der Waals surface area contributed by atoms with Crippen molar-refractivity contribution in [2.75, 3.05) is 13.1 Å². The fraction of sp³-hybridized carbons (Fsp3) is 0.385. The Labute approximate surface area is 112 Å². The van der Waals surface area contributed by atoms with Crippen molar-refractivity contribution >= 4 is 11.7 Å². The van der Waals surface area contributed by atoms with Crippen LogP contribution < -0.4 is 16.4 Å². The van der Waals surface area contributed by atoms with Crippen molar-refractivity contribution in [1.82, 2.24) is 10.6 Å². The number of hydrogen-bond acceptors (Lipinski definition) is 4. The molecule has 0 aliphatic heterocycles. The summed E-state index contributed by atoms with van der Waals surface area (Å²) in [6, 6.07) is 5.63. The zero-order valence-electron chi connectivity index (χ0n) is 11.2. The van der Waals surface area contributed by atoms with Crippen LogP contribution in [0.4, 0.5) is 0 Å². The molecule has 5 N–H and O–H groups in total. The summed E-state index contributed by atoms with van der Waals surface area (Å²) in [5.74, 6) is 0.0781. The van der Waals surface area contributed by atoms with Crippen LogP contribution in [0.1, 0.15) is 23.6 Å². The topological polar surface area (TPSA) is 99.7 Å². The Bertz CT molecular complexity index is 472. The maximum absolute atomic E-state index is 10.7. The molecule has 0 aliphatic carbocycles. The van der Waals surface area contributed by atoms with Crippen LogP contribution in [-0.4, -0.2) is 30.0 Å². The molecule has 0 aliphatic rings. The SMILES string of the molecule is CC(=O)NCCNCc1ccc(/C(N)=N/O)cc1C. The molecule has 1 rings (SSSR count). The van der Waals surface area contributed by atoms with E-state index in [4.69, 9.17) is 10.9 Å². The second-order valence-electron chi connectivity index (χ2n) is 4.29. The summed E-state index contributed by atoms with van der Waals surface area (Å²) in [5.41, 5.74) is 8.42. The molecule has 0 heterocycles. The van der Waals surface area contributed by atoms with E-state index in [1.807, 2.05) is 25.1 Å². The zero-order valence-corrected chi connectivity index (χ0v) is 11.2. The standard InChI is InChI=1S/C13H20N4O2/c1-9-7-11(13(14)17-19)3-4-12(9)8-15-5-6-16-10(2)18/h3-4,7,15,19H,5-6,8H2,1-2H3,(H2,14,17)(H,16,18). The molecular weight excluding hydrogens is 244 g/mol. The van der Waals surface area contributed by atoms with E-state index >= 15 is 0 Å². The Balaban J connectivity index is 2.49. The van der Waals surface area contributed by atoms with Crippen LogP contribution in [-0.2, 0) is 11.3 Å². The van der Waals surface area contributed by atoms with Gasteiger partial charge in [-0.2, -0.15) is 0 Å².